The van der Waals surface area contributed by atoms with Crippen LogP contribution in [0, 0.1) is 0 Å². The minimum absolute atomic E-state index is 0.0829. The molecular formula is C16H20N2O5. The Balaban J connectivity index is 2.22. The van der Waals surface area contributed by atoms with Crippen LogP contribution in [0.25, 0.3) is 0 Å². The summed E-state index contributed by atoms with van der Waals surface area (Å²) in [5.41, 5.74) is 0.897. The maximum Gasteiger partial charge on any atom is 0.323 e. The van der Waals surface area contributed by atoms with E-state index in [-0.39, 0.29) is 19.1 Å². The molecule has 0 saturated carbocycles. The van der Waals surface area contributed by atoms with Crippen molar-refractivity contribution in [2.75, 3.05) is 20.2 Å². The molecule has 23 heavy (non-hydrogen) atoms. The lowest BCUT2D eigenvalue weighted by Crippen LogP contribution is -2.60. The quantitative estimate of drug-likeness (QED) is 0.845. The molecule has 0 spiro atoms. The van der Waals surface area contributed by atoms with Crippen LogP contribution in [0.15, 0.2) is 30.3 Å². The predicted octanol–water partition coefficient (Wildman–Crippen LogP) is 0.346. The third-order valence-corrected chi connectivity index (χ3v) is 3.77. The van der Waals surface area contributed by atoms with Crippen molar-refractivity contribution in [3.05, 3.63) is 35.9 Å². The van der Waals surface area contributed by atoms with Gasteiger partial charge in [-0.2, -0.15) is 0 Å². The zero-order valence-electron chi connectivity index (χ0n) is 13.1. The minimum atomic E-state index is -1.11. The molecule has 1 fully saturated rings. The Hall–Kier alpha value is -2.41. The summed E-state index contributed by atoms with van der Waals surface area (Å²) < 4.78 is 5.36. The van der Waals surface area contributed by atoms with Crippen molar-refractivity contribution < 1.29 is 24.2 Å². The highest BCUT2D eigenvalue weighted by Crippen LogP contribution is 2.20. The minimum Gasteiger partial charge on any atom is -0.480 e. The van der Waals surface area contributed by atoms with Crippen molar-refractivity contribution >= 4 is 17.8 Å². The number of benzene rings is 1. The zero-order chi connectivity index (χ0) is 17.0. The summed E-state index contributed by atoms with van der Waals surface area (Å²) in [4.78, 5) is 38.2. The van der Waals surface area contributed by atoms with E-state index < -0.39 is 30.6 Å². The highest BCUT2D eigenvalue weighted by Gasteiger charge is 2.40. The highest BCUT2D eigenvalue weighted by molar-refractivity contribution is 5.91. The fourth-order valence-corrected chi connectivity index (χ4v) is 2.59. The number of carbonyl (C=O) groups excluding carboxylic acids is 2. The molecule has 1 heterocycles. The Bertz CT molecular complexity index is 589. The molecule has 1 aliphatic rings. The van der Waals surface area contributed by atoms with E-state index in [0.717, 1.165) is 10.5 Å². The van der Waals surface area contributed by atoms with E-state index in [4.69, 9.17) is 9.84 Å². The number of likely N-dealkylation sites (N-methyl/N-ethyl adjacent to an activating group) is 1. The lowest BCUT2D eigenvalue weighted by molar-refractivity contribution is -0.167. The van der Waals surface area contributed by atoms with Gasteiger partial charge in [-0.05, 0) is 12.5 Å². The number of aliphatic carboxylic acids is 1. The fourth-order valence-electron chi connectivity index (χ4n) is 2.59. The van der Waals surface area contributed by atoms with E-state index in [0.29, 0.717) is 0 Å². The van der Waals surface area contributed by atoms with Crippen LogP contribution in [-0.4, -0.2) is 65.0 Å². The predicted molar refractivity (Wildman–Crippen MR) is 81.5 cm³/mol. The summed E-state index contributed by atoms with van der Waals surface area (Å²) in [5, 5.41) is 8.84. The van der Waals surface area contributed by atoms with Crippen LogP contribution in [0.3, 0.4) is 0 Å². The monoisotopic (exact) mass is 320 g/mol. The van der Waals surface area contributed by atoms with Gasteiger partial charge in [0.2, 0.25) is 11.8 Å². The molecule has 0 unspecified atom stereocenters. The van der Waals surface area contributed by atoms with Crippen LogP contribution in [0.4, 0.5) is 0 Å². The van der Waals surface area contributed by atoms with Gasteiger partial charge < -0.3 is 19.6 Å². The van der Waals surface area contributed by atoms with E-state index in [2.05, 4.69) is 0 Å². The molecule has 7 nitrogen and oxygen atoms in total. The molecule has 2 rings (SSSR count). The van der Waals surface area contributed by atoms with Crippen molar-refractivity contribution in [2.45, 2.75) is 25.6 Å². The van der Waals surface area contributed by atoms with Gasteiger partial charge in [-0.25, -0.2) is 0 Å². The zero-order valence-corrected chi connectivity index (χ0v) is 13.1. The summed E-state index contributed by atoms with van der Waals surface area (Å²) in [6.07, 6.45) is -0.500. The molecule has 1 aromatic carbocycles. The maximum atomic E-state index is 12.6. The van der Waals surface area contributed by atoms with Crippen molar-refractivity contribution in [3.8, 4) is 0 Å². The van der Waals surface area contributed by atoms with Gasteiger partial charge in [0.05, 0.1) is 6.10 Å². The van der Waals surface area contributed by atoms with E-state index in [1.54, 1.807) is 6.92 Å². The maximum absolute atomic E-state index is 12.6. The first-order valence-electron chi connectivity index (χ1n) is 7.32. The largest absolute Gasteiger partial charge is 0.480 e. The Morgan fingerprint density at radius 2 is 2.00 bits per heavy atom. The molecule has 1 saturated heterocycles. The van der Waals surface area contributed by atoms with Crippen LogP contribution >= 0.6 is 0 Å². The molecule has 0 radical (unpaired) electrons. The first-order chi connectivity index (χ1) is 10.9. The number of amides is 2. The number of morpholine rings is 1. The number of hydrogen-bond donors (Lipinski definition) is 1. The number of carboxylic acid groups (broad SMARTS) is 1. The number of ether oxygens (including phenoxy) is 1. The Labute approximate surface area is 134 Å². The van der Waals surface area contributed by atoms with E-state index in [1.165, 1.54) is 11.9 Å². The summed E-state index contributed by atoms with van der Waals surface area (Å²) in [5.74, 6) is -1.83. The highest BCUT2D eigenvalue weighted by atomic mass is 16.5. The van der Waals surface area contributed by atoms with Crippen molar-refractivity contribution in [2.24, 2.45) is 0 Å². The fraction of sp³-hybridized carbons (Fsp3) is 0.438. The normalized spacial score (nSPS) is 21.1. The number of rotatable bonds is 5. The molecule has 0 aromatic heterocycles. The lowest BCUT2D eigenvalue weighted by Gasteiger charge is -2.40. The third kappa shape index (κ3) is 4.07. The average Bonchev–Trinajstić information content (AvgIpc) is 2.51. The number of carboxylic acids is 1. The van der Waals surface area contributed by atoms with Gasteiger partial charge in [0.25, 0.3) is 0 Å². The van der Waals surface area contributed by atoms with Gasteiger partial charge in [0.1, 0.15) is 19.2 Å². The smallest absolute Gasteiger partial charge is 0.323 e. The van der Waals surface area contributed by atoms with Gasteiger partial charge in [0, 0.05) is 13.6 Å². The van der Waals surface area contributed by atoms with Gasteiger partial charge >= 0.3 is 5.97 Å². The lowest BCUT2D eigenvalue weighted by atomic mass is 10.1. The summed E-state index contributed by atoms with van der Waals surface area (Å²) in [7, 11) is 1.41. The third-order valence-electron chi connectivity index (χ3n) is 3.77. The number of carbonyl (C=O) groups is 3. The van der Waals surface area contributed by atoms with Gasteiger partial charge in [-0.3, -0.25) is 14.4 Å². The molecule has 1 N–H and O–H groups in total. The molecule has 7 heteroatoms. The molecular weight excluding hydrogens is 300 g/mol. The molecule has 1 aromatic rings. The second kappa shape index (κ2) is 7.23. The van der Waals surface area contributed by atoms with E-state index in [1.807, 2.05) is 30.3 Å². The molecule has 1 aliphatic heterocycles. The Morgan fingerprint density at radius 1 is 1.35 bits per heavy atom. The first-order valence-corrected chi connectivity index (χ1v) is 7.32. The van der Waals surface area contributed by atoms with Crippen LogP contribution in [-0.2, 0) is 25.7 Å². The second-order valence-corrected chi connectivity index (χ2v) is 5.56. The second-order valence-electron chi connectivity index (χ2n) is 5.56. The molecule has 2 atom stereocenters. The molecule has 0 bridgehead atoms. The van der Waals surface area contributed by atoms with Gasteiger partial charge in [0.15, 0.2) is 0 Å². The van der Waals surface area contributed by atoms with Crippen molar-refractivity contribution in [3.63, 3.8) is 0 Å². The van der Waals surface area contributed by atoms with Gasteiger partial charge in [-0.1, -0.05) is 30.3 Å². The van der Waals surface area contributed by atoms with Crippen LogP contribution in [0.1, 0.15) is 12.5 Å². The number of nitrogens with zero attached hydrogens (tertiary/aromatic N) is 2. The molecule has 124 valence electrons. The topological polar surface area (TPSA) is 87.2 Å². The SMILES string of the molecule is C[C@H]1OCC(=O)N(Cc2ccccc2)[C@@H]1C(=O)N(C)CC(=O)O. The van der Waals surface area contributed by atoms with E-state index in [9.17, 15) is 14.4 Å². The van der Waals surface area contributed by atoms with Crippen LogP contribution in [0.2, 0.25) is 0 Å². The average molecular weight is 320 g/mol. The molecule has 0 aliphatic carbocycles. The van der Waals surface area contributed by atoms with Crippen LogP contribution < -0.4 is 0 Å². The summed E-state index contributed by atoms with van der Waals surface area (Å²) >= 11 is 0. The Kier molecular flexibility index (Phi) is 5.33. The van der Waals surface area contributed by atoms with Gasteiger partial charge in [-0.15, -0.1) is 0 Å². The first kappa shape index (κ1) is 17.0. The van der Waals surface area contributed by atoms with Crippen molar-refractivity contribution in [1.82, 2.24) is 9.80 Å². The Morgan fingerprint density at radius 3 is 2.61 bits per heavy atom. The van der Waals surface area contributed by atoms with E-state index >= 15 is 0 Å². The summed E-state index contributed by atoms with van der Waals surface area (Å²) in [6, 6.07) is 8.50. The summed E-state index contributed by atoms with van der Waals surface area (Å²) in [6.45, 7) is 1.49. The standard InChI is InChI=1S/C16H20N2O5/c1-11-15(16(22)17(2)9-14(20)21)18(13(19)10-23-11)8-12-6-4-3-5-7-12/h3-7,11,15H,8-10H2,1-2H3,(H,20,21)/t11-,15+/m1/s1. The number of hydrogen-bond acceptors (Lipinski definition) is 4. The van der Waals surface area contributed by atoms with Crippen molar-refractivity contribution in [1.29, 1.82) is 0 Å². The van der Waals surface area contributed by atoms with Crippen LogP contribution in [0.5, 0.6) is 0 Å². The molecule has 2 amide bonds.